The van der Waals surface area contributed by atoms with Crippen molar-refractivity contribution in [2.24, 2.45) is 0 Å². The van der Waals surface area contributed by atoms with Crippen LogP contribution in [0.1, 0.15) is 31.2 Å². The molecule has 0 bridgehead atoms. The van der Waals surface area contributed by atoms with Crippen LogP contribution >= 0.6 is 0 Å². The summed E-state index contributed by atoms with van der Waals surface area (Å²) in [5.74, 6) is 2.12. The molecule has 0 amide bonds. The number of nitrogens with zero attached hydrogens (tertiary/aromatic N) is 1. The van der Waals surface area contributed by atoms with E-state index in [-0.39, 0.29) is 0 Å². The van der Waals surface area contributed by atoms with Gasteiger partial charge in [0.05, 0.1) is 0 Å². The molecular weight excluding hydrogens is 210 g/mol. The van der Waals surface area contributed by atoms with E-state index in [2.05, 4.69) is 18.8 Å². The van der Waals surface area contributed by atoms with E-state index in [4.69, 9.17) is 4.74 Å². The predicted octanol–water partition coefficient (Wildman–Crippen LogP) is 4.31. The van der Waals surface area contributed by atoms with E-state index < -0.39 is 0 Å². The topological polar surface area (TPSA) is 22.1 Å². The maximum absolute atomic E-state index is 5.81. The average molecular weight is 227 g/mol. The van der Waals surface area contributed by atoms with Gasteiger partial charge in [-0.2, -0.15) is 0 Å². The molecule has 0 saturated carbocycles. The van der Waals surface area contributed by atoms with Crippen LogP contribution in [0.5, 0.6) is 11.5 Å². The zero-order chi connectivity index (χ0) is 12.3. The van der Waals surface area contributed by atoms with Crippen molar-refractivity contribution in [3.8, 4) is 11.5 Å². The molecule has 0 aliphatic rings. The summed E-state index contributed by atoms with van der Waals surface area (Å²) < 4.78 is 5.81. The number of rotatable bonds is 3. The number of ether oxygens (including phenoxy) is 1. The Labute approximate surface area is 102 Å². The maximum Gasteiger partial charge on any atom is 0.131 e. The van der Waals surface area contributed by atoms with Crippen molar-refractivity contribution in [3.63, 3.8) is 0 Å². The van der Waals surface area contributed by atoms with Gasteiger partial charge in [0.1, 0.15) is 11.5 Å². The third-order valence-corrected chi connectivity index (χ3v) is 2.52. The van der Waals surface area contributed by atoms with E-state index in [1.54, 1.807) is 0 Å². The average Bonchev–Trinajstić information content (AvgIpc) is 2.29. The largest absolute Gasteiger partial charge is 0.457 e. The number of aromatic nitrogens is 1. The Morgan fingerprint density at radius 3 is 2.35 bits per heavy atom. The minimum atomic E-state index is 0.410. The number of aryl methyl sites for hydroxylation is 1. The molecule has 2 heteroatoms. The zero-order valence-corrected chi connectivity index (χ0v) is 10.5. The molecule has 0 fully saturated rings. The van der Waals surface area contributed by atoms with Crippen LogP contribution < -0.4 is 4.74 Å². The Balaban J connectivity index is 2.27. The van der Waals surface area contributed by atoms with Crippen molar-refractivity contribution in [2.45, 2.75) is 26.7 Å². The third kappa shape index (κ3) is 3.06. The first-order valence-corrected chi connectivity index (χ1v) is 5.86. The van der Waals surface area contributed by atoms with Gasteiger partial charge in [-0.25, -0.2) is 0 Å². The van der Waals surface area contributed by atoms with Crippen LogP contribution in [0.3, 0.4) is 0 Å². The molecule has 2 nitrogen and oxygen atoms in total. The van der Waals surface area contributed by atoms with Crippen molar-refractivity contribution >= 4 is 0 Å². The molecule has 1 aromatic carbocycles. The molecule has 17 heavy (non-hydrogen) atoms. The third-order valence-electron chi connectivity index (χ3n) is 2.52. The first-order chi connectivity index (χ1) is 8.15. The summed E-state index contributed by atoms with van der Waals surface area (Å²) >= 11 is 0. The summed E-state index contributed by atoms with van der Waals surface area (Å²) in [6.07, 6.45) is 0. The highest BCUT2D eigenvalue weighted by atomic mass is 16.5. The fourth-order valence-corrected chi connectivity index (χ4v) is 1.64. The predicted molar refractivity (Wildman–Crippen MR) is 69.6 cm³/mol. The number of pyridine rings is 1. The SMILES string of the molecule is Cc1cc(Oc2ccccc2)cc(C(C)C)n1. The van der Waals surface area contributed by atoms with E-state index >= 15 is 0 Å². The summed E-state index contributed by atoms with van der Waals surface area (Å²) in [4.78, 5) is 4.49. The molecule has 0 spiro atoms. The summed E-state index contributed by atoms with van der Waals surface area (Å²) in [7, 11) is 0. The van der Waals surface area contributed by atoms with E-state index in [1.807, 2.05) is 49.4 Å². The van der Waals surface area contributed by atoms with E-state index in [0.717, 1.165) is 22.9 Å². The van der Waals surface area contributed by atoms with Gasteiger partial charge in [0.15, 0.2) is 0 Å². The van der Waals surface area contributed by atoms with Crippen molar-refractivity contribution in [1.29, 1.82) is 0 Å². The highest BCUT2D eigenvalue weighted by Crippen LogP contribution is 2.24. The van der Waals surface area contributed by atoms with E-state index in [1.165, 1.54) is 0 Å². The highest BCUT2D eigenvalue weighted by molar-refractivity contribution is 5.33. The fraction of sp³-hybridized carbons (Fsp3) is 0.267. The van der Waals surface area contributed by atoms with Crippen LogP contribution in [0, 0.1) is 6.92 Å². The second-order valence-corrected chi connectivity index (χ2v) is 4.44. The smallest absolute Gasteiger partial charge is 0.131 e. The fourth-order valence-electron chi connectivity index (χ4n) is 1.64. The Kier molecular flexibility index (Phi) is 3.43. The number of benzene rings is 1. The maximum atomic E-state index is 5.81. The minimum Gasteiger partial charge on any atom is -0.457 e. The molecule has 0 saturated heterocycles. The van der Waals surface area contributed by atoms with Crippen LogP contribution in [0.2, 0.25) is 0 Å². The van der Waals surface area contributed by atoms with Gasteiger partial charge in [0.25, 0.3) is 0 Å². The van der Waals surface area contributed by atoms with Crippen LogP contribution in [-0.2, 0) is 0 Å². The van der Waals surface area contributed by atoms with Gasteiger partial charge in [-0.15, -0.1) is 0 Å². The molecular formula is C15H17NO. The molecule has 0 aliphatic heterocycles. The van der Waals surface area contributed by atoms with Gasteiger partial charge in [-0.1, -0.05) is 32.0 Å². The summed E-state index contributed by atoms with van der Waals surface area (Å²) in [5, 5.41) is 0. The molecule has 1 heterocycles. The lowest BCUT2D eigenvalue weighted by molar-refractivity contribution is 0.479. The molecule has 0 aliphatic carbocycles. The second-order valence-electron chi connectivity index (χ2n) is 4.44. The van der Waals surface area contributed by atoms with Crippen LogP contribution in [0.4, 0.5) is 0 Å². The summed E-state index contributed by atoms with van der Waals surface area (Å²) in [6, 6.07) is 13.8. The van der Waals surface area contributed by atoms with Gasteiger partial charge in [-0.3, -0.25) is 4.98 Å². The van der Waals surface area contributed by atoms with Gasteiger partial charge >= 0.3 is 0 Å². The molecule has 1 aromatic heterocycles. The summed E-state index contributed by atoms with van der Waals surface area (Å²) in [6.45, 7) is 6.26. The van der Waals surface area contributed by atoms with Crippen molar-refractivity contribution < 1.29 is 4.74 Å². The number of hydrogen-bond donors (Lipinski definition) is 0. The molecule has 2 aromatic rings. The first-order valence-electron chi connectivity index (χ1n) is 5.86. The Morgan fingerprint density at radius 2 is 1.71 bits per heavy atom. The lowest BCUT2D eigenvalue weighted by atomic mass is 10.1. The quantitative estimate of drug-likeness (QED) is 0.779. The Bertz CT molecular complexity index is 492. The second kappa shape index (κ2) is 5.00. The van der Waals surface area contributed by atoms with Gasteiger partial charge in [0.2, 0.25) is 0 Å². The van der Waals surface area contributed by atoms with Gasteiger partial charge in [0, 0.05) is 23.5 Å². The Hall–Kier alpha value is -1.83. The molecule has 0 unspecified atom stereocenters. The van der Waals surface area contributed by atoms with Crippen LogP contribution in [-0.4, -0.2) is 4.98 Å². The molecule has 88 valence electrons. The Morgan fingerprint density at radius 1 is 1.00 bits per heavy atom. The van der Waals surface area contributed by atoms with Crippen molar-refractivity contribution in [1.82, 2.24) is 4.98 Å². The molecule has 0 radical (unpaired) electrons. The van der Waals surface area contributed by atoms with Crippen LogP contribution in [0.15, 0.2) is 42.5 Å². The molecule has 0 atom stereocenters. The van der Waals surface area contributed by atoms with Crippen molar-refractivity contribution in [3.05, 3.63) is 53.9 Å². The zero-order valence-electron chi connectivity index (χ0n) is 10.5. The van der Waals surface area contributed by atoms with Crippen molar-refractivity contribution in [2.75, 3.05) is 0 Å². The van der Waals surface area contributed by atoms with E-state index in [0.29, 0.717) is 5.92 Å². The summed E-state index contributed by atoms with van der Waals surface area (Å²) in [5.41, 5.74) is 2.05. The molecule has 0 N–H and O–H groups in total. The lowest BCUT2D eigenvalue weighted by Crippen LogP contribution is -1.96. The lowest BCUT2D eigenvalue weighted by Gasteiger charge is -2.10. The molecule has 2 rings (SSSR count). The number of hydrogen-bond acceptors (Lipinski definition) is 2. The minimum absolute atomic E-state index is 0.410. The van der Waals surface area contributed by atoms with Crippen LogP contribution in [0.25, 0.3) is 0 Å². The standard InChI is InChI=1S/C15H17NO/c1-11(2)15-10-14(9-12(3)16-15)17-13-7-5-4-6-8-13/h4-11H,1-3H3. The van der Waals surface area contributed by atoms with Gasteiger partial charge < -0.3 is 4.74 Å². The van der Waals surface area contributed by atoms with E-state index in [9.17, 15) is 0 Å². The number of para-hydroxylation sites is 1. The monoisotopic (exact) mass is 227 g/mol. The first kappa shape index (κ1) is 11.6. The highest BCUT2D eigenvalue weighted by Gasteiger charge is 2.05. The normalized spacial score (nSPS) is 10.6. The van der Waals surface area contributed by atoms with Gasteiger partial charge in [-0.05, 0) is 25.0 Å².